The van der Waals surface area contributed by atoms with Crippen LogP contribution >= 0.6 is 0 Å². The minimum atomic E-state index is -0.434. The minimum absolute atomic E-state index is 0.0493. The normalized spacial score (nSPS) is 35.8. The average molecular weight is 387 g/mol. The Labute approximate surface area is 169 Å². The van der Waals surface area contributed by atoms with Gasteiger partial charge in [-0.2, -0.15) is 0 Å². The molecule has 0 bridgehead atoms. The van der Waals surface area contributed by atoms with Gasteiger partial charge in [0.1, 0.15) is 0 Å². The van der Waals surface area contributed by atoms with E-state index in [4.69, 9.17) is 4.74 Å². The number of halogens is 1. The Kier molecular flexibility index (Phi) is 6.08. The zero-order valence-electron chi connectivity index (χ0n) is 17.5. The molecule has 0 aromatic heterocycles. The second kappa shape index (κ2) is 8.55. The summed E-state index contributed by atoms with van der Waals surface area (Å²) < 4.78 is 19.6. The maximum atomic E-state index is 14.1. The van der Waals surface area contributed by atoms with Crippen LogP contribution in [0.1, 0.15) is 76.7 Å². The summed E-state index contributed by atoms with van der Waals surface area (Å²) in [6.07, 6.45) is 12.6. The third kappa shape index (κ3) is 4.28. The zero-order chi connectivity index (χ0) is 19.7. The van der Waals surface area contributed by atoms with E-state index in [9.17, 15) is 9.18 Å². The van der Waals surface area contributed by atoms with E-state index in [1.54, 1.807) is 12.1 Å². The molecule has 3 aliphatic rings. The van der Waals surface area contributed by atoms with Gasteiger partial charge in [0.2, 0.25) is 0 Å². The van der Waals surface area contributed by atoms with E-state index in [1.165, 1.54) is 51.0 Å². The Morgan fingerprint density at radius 3 is 2.46 bits per heavy atom. The van der Waals surface area contributed by atoms with Crippen LogP contribution in [-0.4, -0.2) is 5.97 Å². The van der Waals surface area contributed by atoms with Gasteiger partial charge >= 0.3 is 5.97 Å². The van der Waals surface area contributed by atoms with Crippen LogP contribution in [0.3, 0.4) is 0 Å². The molecule has 154 valence electrons. The van der Waals surface area contributed by atoms with Crippen LogP contribution in [0.25, 0.3) is 0 Å². The molecule has 0 amide bonds. The molecule has 3 heteroatoms. The molecule has 0 N–H and O–H groups in total. The Bertz CT molecular complexity index is 692. The smallest absolute Gasteiger partial charge is 0.314 e. The summed E-state index contributed by atoms with van der Waals surface area (Å²) in [6, 6.07) is 4.82. The fraction of sp³-hybridized carbons (Fsp3) is 0.720. The highest BCUT2D eigenvalue weighted by Crippen LogP contribution is 2.50. The molecule has 4 rings (SSSR count). The number of hydrogen-bond acceptors (Lipinski definition) is 2. The topological polar surface area (TPSA) is 26.3 Å². The minimum Gasteiger partial charge on any atom is -0.423 e. The molecule has 3 fully saturated rings. The number of fused-ring (bicyclic) bond motifs is 1. The Balaban J connectivity index is 1.38. The van der Waals surface area contributed by atoms with Crippen molar-refractivity contribution in [2.24, 2.45) is 35.5 Å². The number of esters is 1. The molecule has 4 unspecified atom stereocenters. The molecule has 0 spiro atoms. The van der Waals surface area contributed by atoms with Crippen LogP contribution < -0.4 is 4.74 Å². The van der Waals surface area contributed by atoms with Crippen LogP contribution in [0.15, 0.2) is 18.2 Å². The van der Waals surface area contributed by atoms with Gasteiger partial charge in [-0.25, -0.2) is 4.39 Å². The molecule has 0 saturated heterocycles. The summed E-state index contributed by atoms with van der Waals surface area (Å²) in [7, 11) is 0. The van der Waals surface area contributed by atoms with Crippen LogP contribution in [0, 0.1) is 48.2 Å². The van der Waals surface area contributed by atoms with Crippen molar-refractivity contribution in [2.45, 2.75) is 78.1 Å². The molecule has 2 nitrogen and oxygen atoms in total. The van der Waals surface area contributed by atoms with Crippen LogP contribution in [0.5, 0.6) is 5.75 Å². The standard InChI is InChI=1S/C25H35FO2/c1-16-6-9-18(10-7-16)19-11-12-21-20(15-19)4-3-5-22(21)25(27)28-24-13-8-17(2)14-23(24)26/h8,13-14,16,18-22H,3-7,9-12,15H2,1-2H3. The fourth-order valence-electron chi connectivity index (χ4n) is 6.35. The van der Waals surface area contributed by atoms with E-state index in [-0.39, 0.29) is 17.6 Å². The van der Waals surface area contributed by atoms with E-state index in [1.807, 2.05) is 6.92 Å². The van der Waals surface area contributed by atoms with E-state index in [0.717, 1.165) is 42.6 Å². The van der Waals surface area contributed by atoms with Crippen molar-refractivity contribution in [2.75, 3.05) is 0 Å². The number of carbonyl (C=O) groups excluding carboxylic acids is 1. The summed E-state index contributed by atoms with van der Waals surface area (Å²) in [5.41, 5.74) is 0.838. The summed E-state index contributed by atoms with van der Waals surface area (Å²) in [5.74, 6) is 3.17. The Morgan fingerprint density at radius 1 is 0.964 bits per heavy atom. The quantitative estimate of drug-likeness (QED) is 0.427. The van der Waals surface area contributed by atoms with Crippen molar-refractivity contribution in [3.63, 3.8) is 0 Å². The van der Waals surface area contributed by atoms with Crippen molar-refractivity contribution in [1.29, 1.82) is 0 Å². The van der Waals surface area contributed by atoms with E-state index < -0.39 is 5.82 Å². The Hall–Kier alpha value is -1.38. The predicted molar refractivity (Wildman–Crippen MR) is 110 cm³/mol. The molecule has 28 heavy (non-hydrogen) atoms. The van der Waals surface area contributed by atoms with Crippen molar-refractivity contribution in [3.8, 4) is 5.75 Å². The number of aryl methyl sites for hydroxylation is 1. The molecular formula is C25H35FO2. The van der Waals surface area contributed by atoms with Crippen LogP contribution in [-0.2, 0) is 4.79 Å². The van der Waals surface area contributed by atoms with Gasteiger partial charge in [-0.3, -0.25) is 4.79 Å². The first kappa shape index (κ1) is 19.9. The maximum absolute atomic E-state index is 14.1. The molecule has 0 heterocycles. The first-order valence-electron chi connectivity index (χ1n) is 11.5. The van der Waals surface area contributed by atoms with Gasteiger partial charge < -0.3 is 4.74 Å². The number of ether oxygens (including phenoxy) is 1. The van der Waals surface area contributed by atoms with E-state index in [2.05, 4.69) is 6.92 Å². The van der Waals surface area contributed by atoms with Gasteiger partial charge in [0.15, 0.2) is 11.6 Å². The van der Waals surface area contributed by atoms with E-state index in [0.29, 0.717) is 11.8 Å². The van der Waals surface area contributed by atoms with Gasteiger partial charge in [0, 0.05) is 0 Å². The van der Waals surface area contributed by atoms with Gasteiger partial charge in [-0.15, -0.1) is 0 Å². The largest absolute Gasteiger partial charge is 0.423 e. The molecule has 1 aromatic rings. The molecule has 1 aromatic carbocycles. The first-order chi connectivity index (χ1) is 13.5. The maximum Gasteiger partial charge on any atom is 0.314 e. The molecule has 3 aliphatic carbocycles. The van der Waals surface area contributed by atoms with Gasteiger partial charge in [0.25, 0.3) is 0 Å². The summed E-state index contributed by atoms with van der Waals surface area (Å²) in [5, 5.41) is 0. The molecule has 3 saturated carbocycles. The molecule has 0 aliphatic heterocycles. The average Bonchev–Trinajstić information content (AvgIpc) is 2.69. The highest BCUT2D eigenvalue weighted by atomic mass is 19.1. The number of rotatable bonds is 3. The van der Waals surface area contributed by atoms with Crippen LogP contribution in [0.2, 0.25) is 0 Å². The molecule has 4 atom stereocenters. The zero-order valence-corrected chi connectivity index (χ0v) is 17.5. The van der Waals surface area contributed by atoms with Gasteiger partial charge in [-0.1, -0.05) is 38.7 Å². The first-order valence-corrected chi connectivity index (χ1v) is 11.5. The summed E-state index contributed by atoms with van der Waals surface area (Å²) >= 11 is 0. The summed E-state index contributed by atoms with van der Waals surface area (Å²) in [4.78, 5) is 12.9. The Morgan fingerprint density at radius 2 is 1.71 bits per heavy atom. The fourth-order valence-corrected chi connectivity index (χ4v) is 6.35. The predicted octanol–water partition coefficient (Wildman–Crippen LogP) is 6.70. The molecular weight excluding hydrogens is 351 g/mol. The van der Waals surface area contributed by atoms with Crippen molar-refractivity contribution < 1.29 is 13.9 Å². The van der Waals surface area contributed by atoms with Crippen molar-refractivity contribution in [3.05, 3.63) is 29.6 Å². The lowest BCUT2D eigenvalue weighted by Gasteiger charge is -2.45. The highest BCUT2D eigenvalue weighted by molar-refractivity contribution is 5.75. The van der Waals surface area contributed by atoms with Gasteiger partial charge in [0.05, 0.1) is 5.92 Å². The SMILES string of the molecule is Cc1ccc(OC(=O)C2CCCC3CC(C4CCC(C)CC4)CCC32)c(F)c1. The summed E-state index contributed by atoms with van der Waals surface area (Å²) in [6.45, 7) is 4.23. The lowest BCUT2D eigenvalue weighted by molar-refractivity contribution is -0.144. The van der Waals surface area contributed by atoms with E-state index >= 15 is 0 Å². The van der Waals surface area contributed by atoms with Gasteiger partial charge in [-0.05, 0) is 92.7 Å². The third-order valence-corrected chi connectivity index (χ3v) is 8.02. The molecule has 0 radical (unpaired) electrons. The second-order valence-corrected chi connectivity index (χ2v) is 9.91. The highest BCUT2D eigenvalue weighted by Gasteiger charge is 2.43. The van der Waals surface area contributed by atoms with Crippen molar-refractivity contribution >= 4 is 5.97 Å². The number of carbonyl (C=O) groups is 1. The number of hydrogen-bond donors (Lipinski definition) is 0. The van der Waals surface area contributed by atoms with Crippen LogP contribution in [0.4, 0.5) is 4.39 Å². The third-order valence-electron chi connectivity index (χ3n) is 8.02. The lowest BCUT2D eigenvalue weighted by atomic mass is 9.59. The lowest BCUT2D eigenvalue weighted by Crippen LogP contribution is -2.40. The van der Waals surface area contributed by atoms with Crippen molar-refractivity contribution in [1.82, 2.24) is 0 Å². The monoisotopic (exact) mass is 386 g/mol. The number of benzene rings is 1. The second-order valence-electron chi connectivity index (χ2n) is 9.91.